The van der Waals surface area contributed by atoms with Crippen molar-refractivity contribution in [2.24, 2.45) is 0 Å². The molecule has 4 aromatic rings. The molecular formula is C20H15F3N6O2. The summed E-state index contributed by atoms with van der Waals surface area (Å²) < 4.78 is 43.9. The normalized spacial score (nSPS) is 11.5. The fraction of sp³-hybridized carbons (Fsp3) is 0.150. The second-order valence-electron chi connectivity index (χ2n) is 6.59. The van der Waals surface area contributed by atoms with E-state index in [1.807, 2.05) is 0 Å². The first kappa shape index (κ1) is 20.3. The Hall–Kier alpha value is -4.02. The topological polar surface area (TPSA) is 94.3 Å². The quantitative estimate of drug-likeness (QED) is 0.529. The summed E-state index contributed by atoms with van der Waals surface area (Å²) in [5, 5.41) is 7.03. The summed E-state index contributed by atoms with van der Waals surface area (Å²) >= 11 is 0. The molecule has 0 aliphatic rings. The predicted molar refractivity (Wildman–Crippen MR) is 105 cm³/mol. The van der Waals surface area contributed by atoms with E-state index >= 15 is 0 Å². The van der Waals surface area contributed by atoms with Gasteiger partial charge in [0, 0.05) is 11.8 Å². The van der Waals surface area contributed by atoms with E-state index < -0.39 is 18.0 Å². The lowest BCUT2D eigenvalue weighted by atomic mass is 10.1. The number of aryl methyl sites for hydroxylation is 2. The summed E-state index contributed by atoms with van der Waals surface area (Å²) in [5.74, 6) is -0.635. The van der Waals surface area contributed by atoms with Crippen LogP contribution < -0.4 is 10.1 Å². The number of nitrogens with zero attached hydrogens (tertiary/aromatic N) is 5. The summed E-state index contributed by atoms with van der Waals surface area (Å²) in [6.07, 6.45) is -2.10. The zero-order chi connectivity index (χ0) is 22.2. The number of anilines is 1. The van der Waals surface area contributed by atoms with Crippen LogP contribution in [0.3, 0.4) is 0 Å². The first-order valence-corrected chi connectivity index (χ1v) is 9.02. The third kappa shape index (κ3) is 4.15. The highest BCUT2D eigenvalue weighted by Gasteiger charge is 2.32. The van der Waals surface area contributed by atoms with Gasteiger partial charge in [0.25, 0.3) is 5.91 Å². The number of amides is 1. The Morgan fingerprint density at radius 3 is 2.65 bits per heavy atom. The second-order valence-corrected chi connectivity index (χ2v) is 6.59. The zero-order valence-electron chi connectivity index (χ0n) is 16.3. The van der Waals surface area contributed by atoms with E-state index in [4.69, 9.17) is 0 Å². The molecule has 0 spiro atoms. The summed E-state index contributed by atoms with van der Waals surface area (Å²) in [7, 11) is 0. The van der Waals surface area contributed by atoms with Crippen LogP contribution in [0.25, 0.3) is 16.9 Å². The number of carbonyl (C=O) groups is 1. The number of fused-ring (bicyclic) bond motifs is 1. The largest absolute Gasteiger partial charge is 0.573 e. The minimum atomic E-state index is -4.86. The standard InChI is InChI=1S/C20H15F3N6O2/c1-11-9-14(13-5-3-4-6-15(13)31-20(21,22)23)28-29-17(12(2)26-18(11)29)19(30)27-16-7-8-24-10-25-16/h3-10H,1-2H3,(H,24,25,27,30). The zero-order valence-corrected chi connectivity index (χ0v) is 16.3. The highest BCUT2D eigenvalue weighted by Crippen LogP contribution is 2.33. The van der Waals surface area contributed by atoms with Crippen molar-refractivity contribution in [2.75, 3.05) is 5.32 Å². The Labute approximate surface area is 173 Å². The number of nitrogens with one attached hydrogen (secondary N) is 1. The molecule has 1 aromatic carbocycles. The third-order valence-electron chi connectivity index (χ3n) is 4.37. The second kappa shape index (κ2) is 7.67. The van der Waals surface area contributed by atoms with Crippen LogP contribution in [0.1, 0.15) is 21.7 Å². The van der Waals surface area contributed by atoms with Crippen LogP contribution in [0.2, 0.25) is 0 Å². The molecule has 0 saturated carbocycles. The Morgan fingerprint density at radius 1 is 1.16 bits per heavy atom. The van der Waals surface area contributed by atoms with Gasteiger partial charge in [-0.15, -0.1) is 13.2 Å². The number of imidazole rings is 1. The summed E-state index contributed by atoms with van der Waals surface area (Å²) in [5.41, 5.74) is 1.88. The van der Waals surface area contributed by atoms with Gasteiger partial charge in [-0.1, -0.05) is 12.1 Å². The molecule has 0 saturated heterocycles. The van der Waals surface area contributed by atoms with Gasteiger partial charge in [-0.3, -0.25) is 4.79 Å². The molecule has 0 radical (unpaired) electrons. The van der Waals surface area contributed by atoms with Crippen LogP contribution in [0.15, 0.2) is 48.9 Å². The van der Waals surface area contributed by atoms with Gasteiger partial charge in [-0.2, -0.15) is 5.10 Å². The predicted octanol–water partition coefficient (Wildman–Crippen LogP) is 3.95. The van der Waals surface area contributed by atoms with Crippen molar-refractivity contribution in [3.8, 4) is 17.0 Å². The lowest BCUT2D eigenvalue weighted by Crippen LogP contribution is -2.18. The molecule has 3 heterocycles. The van der Waals surface area contributed by atoms with Crippen LogP contribution in [0.5, 0.6) is 5.75 Å². The molecule has 11 heteroatoms. The Balaban J connectivity index is 1.82. The number of para-hydroxylation sites is 1. The van der Waals surface area contributed by atoms with Crippen molar-refractivity contribution in [2.45, 2.75) is 20.2 Å². The number of hydrogen-bond donors (Lipinski definition) is 1. The Bertz CT molecular complexity index is 1270. The van der Waals surface area contributed by atoms with Gasteiger partial charge < -0.3 is 10.1 Å². The van der Waals surface area contributed by atoms with Gasteiger partial charge in [-0.05, 0) is 43.7 Å². The smallest absolute Gasteiger partial charge is 0.405 e. The molecule has 3 aromatic heterocycles. The average molecular weight is 428 g/mol. The number of ether oxygens (including phenoxy) is 1. The van der Waals surface area contributed by atoms with E-state index in [2.05, 4.69) is 30.1 Å². The van der Waals surface area contributed by atoms with E-state index in [9.17, 15) is 18.0 Å². The summed E-state index contributed by atoms with van der Waals surface area (Å²) in [6.45, 7) is 3.37. The van der Waals surface area contributed by atoms with Crippen molar-refractivity contribution in [1.29, 1.82) is 0 Å². The highest BCUT2D eigenvalue weighted by atomic mass is 19.4. The van der Waals surface area contributed by atoms with Crippen LogP contribution >= 0.6 is 0 Å². The monoisotopic (exact) mass is 428 g/mol. The van der Waals surface area contributed by atoms with E-state index in [0.29, 0.717) is 16.9 Å². The molecule has 1 N–H and O–H groups in total. The van der Waals surface area contributed by atoms with Crippen LogP contribution in [0, 0.1) is 13.8 Å². The Morgan fingerprint density at radius 2 is 1.94 bits per heavy atom. The SMILES string of the molecule is Cc1nc2c(C)cc(-c3ccccc3OC(F)(F)F)nn2c1C(=O)Nc1ccncn1. The Kier molecular flexibility index (Phi) is 5.01. The number of carbonyl (C=O) groups excluding carboxylic acids is 1. The number of aromatic nitrogens is 5. The van der Waals surface area contributed by atoms with Gasteiger partial charge in [0.2, 0.25) is 0 Å². The van der Waals surface area contributed by atoms with Crippen molar-refractivity contribution in [1.82, 2.24) is 24.6 Å². The van der Waals surface area contributed by atoms with E-state index in [1.54, 1.807) is 26.0 Å². The number of rotatable bonds is 4. The average Bonchev–Trinajstić information content (AvgIpc) is 3.04. The van der Waals surface area contributed by atoms with Crippen molar-refractivity contribution in [3.63, 3.8) is 0 Å². The molecule has 0 unspecified atom stereocenters. The molecule has 31 heavy (non-hydrogen) atoms. The van der Waals surface area contributed by atoms with E-state index in [-0.39, 0.29) is 22.8 Å². The van der Waals surface area contributed by atoms with Gasteiger partial charge in [0.05, 0.1) is 11.4 Å². The first-order chi connectivity index (χ1) is 14.7. The van der Waals surface area contributed by atoms with Gasteiger partial charge in [0.15, 0.2) is 11.3 Å². The summed E-state index contributed by atoms with van der Waals surface area (Å²) in [6, 6.07) is 8.77. The van der Waals surface area contributed by atoms with Gasteiger partial charge in [-0.25, -0.2) is 19.5 Å². The summed E-state index contributed by atoms with van der Waals surface area (Å²) in [4.78, 5) is 25.0. The minimum Gasteiger partial charge on any atom is -0.405 e. The van der Waals surface area contributed by atoms with Crippen LogP contribution in [-0.2, 0) is 0 Å². The molecule has 158 valence electrons. The molecule has 1 amide bonds. The number of benzene rings is 1. The fourth-order valence-electron chi connectivity index (χ4n) is 3.10. The number of alkyl halides is 3. The molecule has 0 bridgehead atoms. The fourth-order valence-corrected chi connectivity index (χ4v) is 3.10. The van der Waals surface area contributed by atoms with E-state index in [1.165, 1.54) is 41.3 Å². The molecule has 0 aliphatic carbocycles. The molecule has 0 aliphatic heterocycles. The van der Waals surface area contributed by atoms with Crippen molar-refractivity contribution >= 4 is 17.4 Å². The van der Waals surface area contributed by atoms with E-state index in [0.717, 1.165) is 0 Å². The maximum absolute atomic E-state index is 12.9. The maximum Gasteiger partial charge on any atom is 0.573 e. The molecule has 8 nitrogen and oxygen atoms in total. The minimum absolute atomic E-state index is 0.123. The number of halogens is 3. The number of hydrogen-bond acceptors (Lipinski definition) is 6. The van der Waals surface area contributed by atoms with Gasteiger partial charge >= 0.3 is 6.36 Å². The van der Waals surface area contributed by atoms with Crippen LogP contribution in [-0.4, -0.2) is 36.8 Å². The molecule has 4 rings (SSSR count). The van der Waals surface area contributed by atoms with Crippen LogP contribution in [0.4, 0.5) is 19.0 Å². The van der Waals surface area contributed by atoms with Gasteiger partial charge in [0.1, 0.15) is 17.9 Å². The lowest BCUT2D eigenvalue weighted by Gasteiger charge is -2.13. The molecule has 0 fully saturated rings. The third-order valence-corrected chi connectivity index (χ3v) is 4.37. The van der Waals surface area contributed by atoms with Crippen molar-refractivity contribution < 1.29 is 22.7 Å². The maximum atomic E-state index is 12.9. The lowest BCUT2D eigenvalue weighted by molar-refractivity contribution is -0.274. The first-order valence-electron chi connectivity index (χ1n) is 9.02. The highest BCUT2D eigenvalue weighted by molar-refractivity contribution is 6.03. The van der Waals surface area contributed by atoms with Crippen molar-refractivity contribution in [3.05, 3.63) is 65.9 Å². The molecular weight excluding hydrogens is 413 g/mol. The molecule has 0 atom stereocenters.